The van der Waals surface area contributed by atoms with E-state index in [2.05, 4.69) is 0 Å². The molecule has 0 aliphatic heterocycles. The summed E-state index contributed by atoms with van der Waals surface area (Å²) in [5, 5.41) is 9.30. The zero-order valence-electron chi connectivity index (χ0n) is 8.25. The van der Waals surface area contributed by atoms with E-state index in [9.17, 15) is 9.90 Å². The molecule has 0 aromatic heterocycles. The van der Waals surface area contributed by atoms with E-state index in [1.165, 1.54) is 12.8 Å². The predicted octanol–water partition coefficient (Wildman–Crippen LogP) is 2.68. The monoisotopic (exact) mass is 182 g/mol. The van der Waals surface area contributed by atoms with Gasteiger partial charge in [-0.1, -0.05) is 12.8 Å². The maximum absolute atomic E-state index is 11.3. The summed E-state index contributed by atoms with van der Waals surface area (Å²) in [4.78, 5) is 11.3. The second-order valence-electron chi connectivity index (χ2n) is 4.84. The Morgan fingerprint density at radius 2 is 1.62 bits per heavy atom. The van der Waals surface area contributed by atoms with Crippen molar-refractivity contribution in [1.82, 2.24) is 0 Å². The van der Waals surface area contributed by atoms with Gasteiger partial charge in [0, 0.05) is 0 Å². The molecule has 0 bridgehead atoms. The van der Waals surface area contributed by atoms with Crippen LogP contribution in [0.5, 0.6) is 0 Å². The summed E-state index contributed by atoms with van der Waals surface area (Å²) in [7, 11) is 0. The molecule has 0 spiro atoms. The van der Waals surface area contributed by atoms with Crippen molar-refractivity contribution in [2.45, 2.75) is 45.4 Å². The highest BCUT2D eigenvalue weighted by Crippen LogP contribution is 2.54. The minimum Gasteiger partial charge on any atom is -0.481 e. The van der Waals surface area contributed by atoms with Crippen LogP contribution >= 0.6 is 0 Å². The van der Waals surface area contributed by atoms with Crippen LogP contribution in [0.25, 0.3) is 0 Å². The quantitative estimate of drug-likeness (QED) is 0.728. The van der Waals surface area contributed by atoms with E-state index in [0.717, 1.165) is 25.7 Å². The van der Waals surface area contributed by atoms with Gasteiger partial charge in [0.05, 0.1) is 5.41 Å². The van der Waals surface area contributed by atoms with Crippen LogP contribution in [0.1, 0.15) is 45.4 Å². The zero-order chi connectivity index (χ0) is 9.47. The van der Waals surface area contributed by atoms with Gasteiger partial charge in [0.2, 0.25) is 0 Å². The Kier molecular flexibility index (Phi) is 2.09. The van der Waals surface area contributed by atoms with Crippen LogP contribution in [0, 0.1) is 17.3 Å². The molecule has 0 aromatic carbocycles. The van der Waals surface area contributed by atoms with Gasteiger partial charge in [0.25, 0.3) is 0 Å². The molecule has 0 saturated heterocycles. The summed E-state index contributed by atoms with van der Waals surface area (Å²) < 4.78 is 0. The van der Waals surface area contributed by atoms with Gasteiger partial charge < -0.3 is 5.11 Å². The van der Waals surface area contributed by atoms with Gasteiger partial charge in [-0.15, -0.1) is 0 Å². The molecule has 1 unspecified atom stereocenters. The lowest BCUT2D eigenvalue weighted by Crippen LogP contribution is -2.36. The average Bonchev–Trinajstić information content (AvgIpc) is 2.80. The highest BCUT2D eigenvalue weighted by molar-refractivity contribution is 5.75. The minimum absolute atomic E-state index is 0.392. The lowest BCUT2D eigenvalue weighted by Gasteiger charge is -2.31. The summed E-state index contributed by atoms with van der Waals surface area (Å²) in [6.07, 6.45) is 7.03. The van der Waals surface area contributed by atoms with Gasteiger partial charge in [-0.05, 0) is 44.4 Å². The molecule has 0 radical (unpaired) electrons. The largest absolute Gasteiger partial charge is 0.481 e. The van der Waals surface area contributed by atoms with E-state index >= 15 is 0 Å². The Labute approximate surface area is 79.3 Å². The van der Waals surface area contributed by atoms with Gasteiger partial charge in [-0.2, -0.15) is 0 Å². The van der Waals surface area contributed by atoms with Crippen LogP contribution in [0.3, 0.4) is 0 Å². The number of aliphatic carboxylic acids is 1. The highest BCUT2D eigenvalue weighted by atomic mass is 16.4. The summed E-state index contributed by atoms with van der Waals surface area (Å²) in [6, 6.07) is 0. The molecule has 0 heterocycles. The highest BCUT2D eigenvalue weighted by Gasteiger charge is 2.52. The number of hydrogen-bond acceptors (Lipinski definition) is 1. The van der Waals surface area contributed by atoms with Crippen molar-refractivity contribution in [3.63, 3.8) is 0 Å². The first-order valence-corrected chi connectivity index (χ1v) is 5.39. The molecule has 2 saturated carbocycles. The Morgan fingerprint density at radius 1 is 1.15 bits per heavy atom. The van der Waals surface area contributed by atoms with Gasteiger partial charge in [0.1, 0.15) is 0 Å². The van der Waals surface area contributed by atoms with Crippen molar-refractivity contribution in [2.75, 3.05) is 0 Å². The number of carbonyl (C=O) groups is 1. The zero-order valence-corrected chi connectivity index (χ0v) is 8.25. The van der Waals surface area contributed by atoms with Crippen LogP contribution in [0.2, 0.25) is 0 Å². The van der Waals surface area contributed by atoms with Crippen molar-refractivity contribution in [1.29, 1.82) is 0 Å². The van der Waals surface area contributed by atoms with E-state index in [4.69, 9.17) is 0 Å². The molecular formula is C11H18O2. The van der Waals surface area contributed by atoms with Gasteiger partial charge in [-0.25, -0.2) is 0 Å². The molecule has 2 rings (SSSR count). The van der Waals surface area contributed by atoms with Gasteiger partial charge >= 0.3 is 5.97 Å². The fourth-order valence-corrected chi connectivity index (χ4v) is 2.89. The molecular weight excluding hydrogens is 164 g/mol. The first-order valence-electron chi connectivity index (χ1n) is 5.39. The van der Waals surface area contributed by atoms with Crippen LogP contribution in [-0.4, -0.2) is 11.1 Å². The minimum atomic E-state index is -0.554. The van der Waals surface area contributed by atoms with Crippen molar-refractivity contribution >= 4 is 5.97 Å². The van der Waals surface area contributed by atoms with E-state index in [1.54, 1.807) is 0 Å². The van der Waals surface area contributed by atoms with Crippen molar-refractivity contribution < 1.29 is 9.90 Å². The average molecular weight is 182 g/mol. The van der Waals surface area contributed by atoms with E-state index in [0.29, 0.717) is 11.8 Å². The van der Waals surface area contributed by atoms with Crippen LogP contribution < -0.4 is 0 Å². The molecule has 74 valence electrons. The molecule has 0 amide bonds. The van der Waals surface area contributed by atoms with Crippen molar-refractivity contribution in [3.8, 4) is 0 Å². The van der Waals surface area contributed by atoms with E-state index in [-0.39, 0.29) is 0 Å². The molecule has 0 aromatic rings. The third-order valence-corrected chi connectivity index (χ3v) is 4.09. The standard InChI is InChI=1S/C11H18O2/c1-11(10(12)13,9-6-7-9)8-4-2-3-5-8/h8-9H,2-7H2,1H3,(H,12,13). The third-order valence-electron chi connectivity index (χ3n) is 4.09. The second-order valence-corrected chi connectivity index (χ2v) is 4.84. The summed E-state index contributed by atoms with van der Waals surface area (Å²) in [5.74, 6) is 0.382. The predicted molar refractivity (Wildman–Crippen MR) is 50.4 cm³/mol. The maximum Gasteiger partial charge on any atom is 0.309 e. The fraction of sp³-hybridized carbons (Fsp3) is 0.909. The Hall–Kier alpha value is -0.530. The fourth-order valence-electron chi connectivity index (χ4n) is 2.89. The number of hydrogen-bond donors (Lipinski definition) is 1. The SMILES string of the molecule is CC(C(=O)O)(C1CCCC1)C1CC1. The number of rotatable bonds is 3. The molecule has 1 N–H and O–H groups in total. The maximum atomic E-state index is 11.3. The Bertz CT molecular complexity index is 214. The third kappa shape index (κ3) is 1.36. The summed E-state index contributed by atoms with van der Waals surface area (Å²) in [6.45, 7) is 1.98. The molecule has 2 aliphatic carbocycles. The molecule has 2 heteroatoms. The van der Waals surface area contributed by atoms with E-state index < -0.39 is 11.4 Å². The topological polar surface area (TPSA) is 37.3 Å². The molecule has 2 fully saturated rings. The lowest BCUT2D eigenvalue weighted by molar-refractivity contribution is -0.153. The number of carboxylic acids is 1. The lowest BCUT2D eigenvalue weighted by atomic mass is 9.72. The molecule has 2 aliphatic rings. The van der Waals surface area contributed by atoms with Gasteiger partial charge in [-0.3, -0.25) is 4.79 Å². The molecule has 2 nitrogen and oxygen atoms in total. The first-order chi connectivity index (χ1) is 6.15. The van der Waals surface area contributed by atoms with Crippen LogP contribution in [0.4, 0.5) is 0 Å². The summed E-state index contributed by atoms with van der Waals surface area (Å²) >= 11 is 0. The Balaban J connectivity index is 2.15. The first kappa shape index (κ1) is 9.04. The molecule has 13 heavy (non-hydrogen) atoms. The van der Waals surface area contributed by atoms with Crippen molar-refractivity contribution in [3.05, 3.63) is 0 Å². The molecule has 1 atom stereocenters. The Morgan fingerprint density at radius 3 is 2.00 bits per heavy atom. The van der Waals surface area contributed by atoms with Gasteiger partial charge in [0.15, 0.2) is 0 Å². The number of carboxylic acid groups (broad SMARTS) is 1. The van der Waals surface area contributed by atoms with Crippen LogP contribution in [0.15, 0.2) is 0 Å². The normalized spacial score (nSPS) is 28.7. The second kappa shape index (κ2) is 3.00. The van der Waals surface area contributed by atoms with Crippen molar-refractivity contribution in [2.24, 2.45) is 17.3 Å². The van der Waals surface area contributed by atoms with Crippen LogP contribution in [-0.2, 0) is 4.79 Å². The summed E-state index contributed by atoms with van der Waals surface area (Å²) in [5.41, 5.74) is -0.392. The van der Waals surface area contributed by atoms with E-state index in [1.807, 2.05) is 6.92 Å². The smallest absolute Gasteiger partial charge is 0.309 e.